The number of carbonyl (C=O) groups is 1. The number of carbonyl (C=O) groups excluding carboxylic acids is 1. The van der Waals surface area contributed by atoms with Crippen LogP contribution in [-0.4, -0.2) is 50.5 Å². The SMILES string of the molecule is COc1ccccc1N1CCN(CCC(=O)c2csc3ccc(F)cc23)CC1. The molecule has 0 radical (unpaired) electrons. The molecule has 1 aromatic heterocycles. The van der Waals surface area contributed by atoms with E-state index in [1.165, 1.54) is 23.5 Å². The summed E-state index contributed by atoms with van der Waals surface area (Å²) < 4.78 is 20.0. The molecule has 4 nitrogen and oxygen atoms in total. The van der Waals surface area contributed by atoms with E-state index in [0.717, 1.165) is 54.2 Å². The first kappa shape index (κ1) is 18.9. The average Bonchev–Trinajstić information content (AvgIpc) is 3.15. The van der Waals surface area contributed by atoms with Crippen molar-refractivity contribution in [1.29, 1.82) is 0 Å². The standard InChI is InChI=1S/C22H23FN2O2S/c1-27-21-5-3-2-4-19(21)25-12-10-24(11-13-25)9-8-20(26)18-15-28-22-7-6-16(23)14-17(18)22/h2-7,14-15H,8-13H2,1H3. The number of Topliss-reactive ketones (excluding diaryl/α,β-unsaturated/α-hetero) is 1. The van der Waals surface area contributed by atoms with Gasteiger partial charge in [-0.1, -0.05) is 12.1 Å². The third-order valence-electron chi connectivity index (χ3n) is 5.29. The van der Waals surface area contributed by atoms with E-state index in [1.807, 2.05) is 23.6 Å². The highest BCUT2D eigenvalue weighted by atomic mass is 32.1. The molecule has 0 atom stereocenters. The third-order valence-corrected chi connectivity index (χ3v) is 6.25. The summed E-state index contributed by atoms with van der Waals surface area (Å²) in [5.74, 6) is 0.680. The fraction of sp³-hybridized carbons (Fsp3) is 0.318. The Morgan fingerprint density at radius 3 is 2.71 bits per heavy atom. The molecule has 1 aliphatic rings. The number of hydrogen-bond acceptors (Lipinski definition) is 5. The second kappa shape index (κ2) is 8.29. The zero-order valence-electron chi connectivity index (χ0n) is 15.9. The fourth-order valence-electron chi connectivity index (χ4n) is 3.72. The summed E-state index contributed by atoms with van der Waals surface area (Å²) in [6.07, 6.45) is 0.455. The van der Waals surface area contributed by atoms with E-state index in [-0.39, 0.29) is 11.6 Å². The summed E-state index contributed by atoms with van der Waals surface area (Å²) in [6.45, 7) is 4.35. The topological polar surface area (TPSA) is 32.8 Å². The van der Waals surface area contributed by atoms with E-state index >= 15 is 0 Å². The number of para-hydroxylation sites is 2. The number of benzene rings is 2. The van der Waals surface area contributed by atoms with Gasteiger partial charge in [0.25, 0.3) is 0 Å². The van der Waals surface area contributed by atoms with Gasteiger partial charge >= 0.3 is 0 Å². The molecular formula is C22H23FN2O2S. The van der Waals surface area contributed by atoms with Crippen LogP contribution in [0.3, 0.4) is 0 Å². The highest BCUT2D eigenvalue weighted by Crippen LogP contribution is 2.29. The first-order chi connectivity index (χ1) is 13.7. The third kappa shape index (κ3) is 3.88. The zero-order valence-corrected chi connectivity index (χ0v) is 16.7. The second-order valence-corrected chi connectivity index (χ2v) is 7.87. The number of halogens is 1. The van der Waals surface area contributed by atoms with E-state index in [1.54, 1.807) is 13.2 Å². The van der Waals surface area contributed by atoms with E-state index in [2.05, 4.69) is 15.9 Å². The van der Waals surface area contributed by atoms with Gasteiger partial charge in [-0.2, -0.15) is 0 Å². The van der Waals surface area contributed by atoms with Gasteiger partial charge in [0, 0.05) is 60.2 Å². The predicted octanol–water partition coefficient (Wildman–Crippen LogP) is 4.44. The second-order valence-electron chi connectivity index (χ2n) is 6.96. The molecule has 0 N–H and O–H groups in total. The quantitative estimate of drug-likeness (QED) is 0.575. The van der Waals surface area contributed by atoms with Gasteiger partial charge in [0.2, 0.25) is 0 Å². The van der Waals surface area contributed by atoms with Gasteiger partial charge in [-0.15, -0.1) is 11.3 Å². The molecule has 0 spiro atoms. The van der Waals surface area contributed by atoms with E-state index in [4.69, 9.17) is 4.74 Å². The van der Waals surface area contributed by atoms with Crippen molar-refractivity contribution in [2.24, 2.45) is 0 Å². The van der Waals surface area contributed by atoms with Gasteiger partial charge in [-0.25, -0.2) is 4.39 Å². The van der Waals surface area contributed by atoms with Crippen molar-refractivity contribution in [2.75, 3.05) is 44.7 Å². The fourth-order valence-corrected chi connectivity index (χ4v) is 4.66. The molecule has 6 heteroatoms. The van der Waals surface area contributed by atoms with Crippen LogP contribution in [0.2, 0.25) is 0 Å². The normalized spacial score (nSPS) is 15.1. The molecule has 0 amide bonds. The van der Waals surface area contributed by atoms with Crippen molar-refractivity contribution in [3.05, 3.63) is 59.2 Å². The number of piperazine rings is 1. The highest BCUT2D eigenvalue weighted by Gasteiger charge is 2.21. The summed E-state index contributed by atoms with van der Waals surface area (Å²) in [7, 11) is 1.70. The minimum absolute atomic E-state index is 0.0870. The number of ketones is 1. The Bertz CT molecular complexity index is 980. The van der Waals surface area contributed by atoms with E-state index in [0.29, 0.717) is 12.0 Å². The monoisotopic (exact) mass is 398 g/mol. The molecule has 1 aliphatic heterocycles. The summed E-state index contributed by atoms with van der Waals surface area (Å²) >= 11 is 1.49. The Balaban J connectivity index is 1.34. The van der Waals surface area contributed by atoms with Crippen LogP contribution in [-0.2, 0) is 0 Å². The van der Waals surface area contributed by atoms with Crippen molar-refractivity contribution in [3.8, 4) is 5.75 Å². The first-order valence-corrected chi connectivity index (χ1v) is 10.3. The predicted molar refractivity (Wildman–Crippen MR) is 112 cm³/mol. The summed E-state index contributed by atoms with van der Waals surface area (Å²) in [5, 5.41) is 2.59. The summed E-state index contributed by atoms with van der Waals surface area (Å²) in [6, 6.07) is 12.7. The number of nitrogens with zero attached hydrogens (tertiary/aromatic N) is 2. The van der Waals surface area contributed by atoms with Crippen LogP contribution in [0.25, 0.3) is 10.1 Å². The maximum atomic E-state index is 13.5. The number of anilines is 1. The Morgan fingerprint density at radius 1 is 1.14 bits per heavy atom. The minimum Gasteiger partial charge on any atom is -0.495 e. The lowest BCUT2D eigenvalue weighted by Gasteiger charge is -2.36. The van der Waals surface area contributed by atoms with Gasteiger partial charge in [-0.3, -0.25) is 9.69 Å². The van der Waals surface area contributed by atoms with E-state index in [9.17, 15) is 9.18 Å². The van der Waals surface area contributed by atoms with Crippen molar-refractivity contribution >= 4 is 32.9 Å². The Kier molecular flexibility index (Phi) is 5.59. The average molecular weight is 399 g/mol. The maximum absolute atomic E-state index is 13.5. The molecule has 2 heterocycles. The van der Waals surface area contributed by atoms with Gasteiger partial charge in [0.05, 0.1) is 12.8 Å². The number of methoxy groups -OCH3 is 1. The highest BCUT2D eigenvalue weighted by molar-refractivity contribution is 7.17. The molecule has 0 unspecified atom stereocenters. The molecule has 0 bridgehead atoms. The van der Waals surface area contributed by atoms with Crippen molar-refractivity contribution in [3.63, 3.8) is 0 Å². The van der Waals surface area contributed by atoms with Crippen LogP contribution in [0.15, 0.2) is 47.8 Å². The van der Waals surface area contributed by atoms with Crippen LogP contribution in [0, 0.1) is 5.82 Å². The molecule has 4 rings (SSSR count). The van der Waals surface area contributed by atoms with Crippen LogP contribution in [0.1, 0.15) is 16.8 Å². The van der Waals surface area contributed by atoms with Crippen LogP contribution in [0.4, 0.5) is 10.1 Å². The van der Waals surface area contributed by atoms with Crippen molar-refractivity contribution in [2.45, 2.75) is 6.42 Å². The zero-order chi connectivity index (χ0) is 19.5. The smallest absolute Gasteiger partial charge is 0.165 e. The molecular weight excluding hydrogens is 375 g/mol. The lowest BCUT2D eigenvalue weighted by Crippen LogP contribution is -2.47. The minimum atomic E-state index is -0.299. The molecule has 1 fully saturated rings. The number of rotatable bonds is 6. The number of thiophene rings is 1. The molecule has 0 aliphatic carbocycles. The molecule has 2 aromatic carbocycles. The maximum Gasteiger partial charge on any atom is 0.165 e. The molecule has 1 saturated heterocycles. The van der Waals surface area contributed by atoms with Crippen molar-refractivity contribution < 1.29 is 13.9 Å². The lowest BCUT2D eigenvalue weighted by molar-refractivity contribution is 0.0964. The molecule has 146 valence electrons. The lowest BCUT2D eigenvalue weighted by atomic mass is 10.1. The summed E-state index contributed by atoms with van der Waals surface area (Å²) in [5.41, 5.74) is 1.76. The molecule has 28 heavy (non-hydrogen) atoms. The number of fused-ring (bicyclic) bond motifs is 1. The first-order valence-electron chi connectivity index (χ1n) is 9.46. The molecule has 0 saturated carbocycles. The van der Waals surface area contributed by atoms with Crippen LogP contribution >= 0.6 is 11.3 Å². The van der Waals surface area contributed by atoms with Crippen molar-refractivity contribution in [1.82, 2.24) is 4.90 Å². The molecule has 3 aromatic rings. The van der Waals surface area contributed by atoms with Gasteiger partial charge in [0.1, 0.15) is 11.6 Å². The van der Waals surface area contributed by atoms with Crippen LogP contribution in [0.5, 0.6) is 5.75 Å². The Morgan fingerprint density at radius 2 is 1.93 bits per heavy atom. The Labute approximate surface area is 168 Å². The number of ether oxygens (including phenoxy) is 1. The summed E-state index contributed by atoms with van der Waals surface area (Å²) in [4.78, 5) is 17.3. The van der Waals surface area contributed by atoms with Crippen LogP contribution < -0.4 is 9.64 Å². The van der Waals surface area contributed by atoms with Gasteiger partial charge in [-0.05, 0) is 30.3 Å². The van der Waals surface area contributed by atoms with E-state index < -0.39 is 0 Å². The largest absolute Gasteiger partial charge is 0.495 e. The Hall–Kier alpha value is -2.44. The number of hydrogen-bond donors (Lipinski definition) is 0. The van der Waals surface area contributed by atoms with Gasteiger partial charge in [0.15, 0.2) is 5.78 Å². The van der Waals surface area contributed by atoms with Gasteiger partial charge < -0.3 is 9.64 Å².